The van der Waals surface area contributed by atoms with Gasteiger partial charge in [0.05, 0.1) is 23.3 Å². The molecule has 29 heavy (non-hydrogen) atoms. The van der Waals surface area contributed by atoms with Crippen LogP contribution in [0.1, 0.15) is 18.9 Å². The van der Waals surface area contributed by atoms with Crippen LogP contribution in [0.15, 0.2) is 52.0 Å². The average molecular weight is 434 g/mol. The van der Waals surface area contributed by atoms with E-state index in [1.807, 2.05) is 32.0 Å². The van der Waals surface area contributed by atoms with Gasteiger partial charge in [-0.05, 0) is 41.4 Å². The molecule has 0 aliphatic rings. The lowest BCUT2D eigenvalue weighted by Crippen LogP contribution is -2.36. The molecule has 0 spiro atoms. The molecule has 9 heteroatoms. The summed E-state index contributed by atoms with van der Waals surface area (Å²) in [5, 5.41) is 19.1. The predicted octanol–water partition coefficient (Wildman–Crippen LogP) is 3.50. The second-order valence-corrected chi connectivity index (χ2v) is 7.82. The molecular formula is C20H20ClN3O4S. The molecule has 0 bridgehead atoms. The molecule has 0 aliphatic heterocycles. The van der Waals surface area contributed by atoms with E-state index in [0.29, 0.717) is 28.6 Å². The molecule has 3 aromatic rings. The summed E-state index contributed by atoms with van der Waals surface area (Å²) >= 11 is 7.23. The molecule has 1 amide bonds. The highest BCUT2D eigenvalue weighted by molar-refractivity contribution is 8.00. The molecule has 7 nitrogen and oxygen atoms in total. The Morgan fingerprint density at radius 3 is 2.76 bits per heavy atom. The molecule has 0 radical (unpaired) electrons. The van der Waals surface area contributed by atoms with Gasteiger partial charge in [-0.2, -0.15) is 0 Å². The van der Waals surface area contributed by atoms with Gasteiger partial charge >= 0.3 is 0 Å². The highest BCUT2D eigenvalue weighted by Gasteiger charge is 2.28. The van der Waals surface area contributed by atoms with Crippen molar-refractivity contribution in [2.45, 2.75) is 30.5 Å². The second-order valence-electron chi connectivity index (χ2n) is 6.22. The average Bonchev–Trinajstić information content (AvgIpc) is 3.09. The zero-order chi connectivity index (χ0) is 21.0. The van der Waals surface area contributed by atoms with E-state index in [1.54, 1.807) is 24.3 Å². The Labute approximate surface area is 177 Å². The summed E-state index contributed by atoms with van der Waals surface area (Å²) in [6.07, 6.45) is 0.491. The van der Waals surface area contributed by atoms with Gasteiger partial charge < -0.3 is 19.7 Å². The highest BCUT2D eigenvalue weighted by Crippen LogP contribution is 2.33. The van der Waals surface area contributed by atoms with Crippen LogP contribution >= 0.6 is 23.4 Å². The van der Waals surface area contributed by atoms with Gasteiger partial charge in [0.2, 0.25) is 11.6 Å². The Morgan fingerprint density at radius 1 is 1.38 bits per heavy atom. The van der Waals surface area contributed by atoms with E-state index in [4.69, 9.17) is 20.9 Å². The van der Waals surface area contributed by atoms with Gasteiger partial charge in [-0.25, -0.2) is 0 Å². The number of benzene rings is 2. The number of thioether (sulfide) groups is 1. The van der Waals surface area contributed by atoms with Crippen LogP contribution in [0, 0.1) is 6.92 Å². The number of aryl methyl sites for hydroxylation is 1. The van der Waals surface area contributed by atoms with Crippen LogP contribution in [0.2, 0.25) is 5.02 Å². The van der Waals surface area contributed by atoms with Crippen molar-refractivity contribution in [2.75, 3.05) is 12.4 Å². The number of rotatable bonds is 7. The number of carbonyl (C=O) groups excluding carboxylic acids is 1. The predicted molar refractivity (Wildman–Crippen MR) is 109 cm³/mol. The van der Waals surface area contributed by atoms with Crippen molar-refractivity contribution >= 4 is 35.0 Å². The molecule has 1 unspecified atom stereocenters. The number of halogens is 1. The lowest BCUT2D eigenvalue weighted by atomic mass is 10.2. The standard InChI is InChI=1S/C20H20ClN3O4S/c1-4-17(18(25)22-15-10-12(2)14(21)11-16(15)27-3)29-19-20(26)28-23-24(19)13-8-6-5-7-9-13/h5-11,17H,4H2,1-3H3,(H-,22,23,25,26). The fourth-order valence-corrected chi connectivity index (χ4v) is 3.80. The first kappa shape index (κ1) is 21.0. The Kier molecular flexibility index (Phi) is 6.66. The maximum absolute atomic E-state index is 12.9. The highest BCUT2D eigenvalue weighted by atomic mass is 35.5. The molecule has 0 aliphatic carbocycles. The maximum atomic E-state index is 12.9. The second kappa shape index (κ2) is 9.19. The first-order chi connectivity index (χ1) is 13.9. The molecular weight excluding hydrogens is 414 g/mol. The van der Waals surface area contributed by atoms with E-state index in [1.165, 1.54) is 11.8 Å². The lowest BCUT2D eigenvalue weighted by Gasteiger charge is -2.16. The zero-order valence-corrected chi connectivity index (χ0v) is 17.7. The van der Waals surface area contributed by atoms with Gasteiger partial charge in [0.25, 0.3) is 5.03 Å². The Morgan fingerprint density at radius 2 is 2.10 bits per heavy atom. The first-order valence-corrected chi connectivity index (χ1v) is 10.2. The molecule has 1 N–H and O–H groups in total. The van der Waals surface area contributed by atoms with Gasteiger partial charge in [-0.15, -0.1) is 0 Å². The number of anilines is 1. The summed E-state index contributed by atoms with van der Waals surface area (Å²) in [6.45, 7) is 3.71. The molecule has 0 saturated carbocycles. The normalized spacial score (nSPS) is 11.9. The number of para-hydroxylation sites is 1. The molecule has 2 aromatic carbocycles. The van der Waals surface area contributed by atoms with E-state index in [9.17, 15) is 9.90 Å². The number of nitrogens with one attached hydrogen (secondary N) is 1. The van der Waals surface area contributed by atoms with Crippen molar-refractivity contribution in [2.24, 2.45) is 0 Å². The van der Waals surface area contributed by atoms with E-state index >= 15 is 0 Å². The largest absolute Gasteiger partial charge is 0.538 e. The SMILES string of the molecule is CCC(Sc1c([O-])on[n+]1-c1ccccc1)C(=O)Nc1cc(C)c(Cl)cc1OC. The molecule has 1 atom stereocenters. The maximum Gasteiger partial charge on any atom is 0.298 e. The summed E-state index contributed by atoms with van der Waals surface area (Å²) in [4.78, 5) is 12.9. The summed E-state index contributed by atoms with van der Waals surface area (Å²) in [6, 6.07) is 12.5. The number of amides is 1. The lowest BCUT2D eigenvalue weighted by molar-refractivity contribution is -0.705. The Bertz CT molecular complexity index is 1010. The minimum Gasteiger partial charge on any atom is -0.538 e. The summed E-state index contributed by atoms with van der Waals surface area (Å²) in [5.41, 5.74) is 2.00. The van der Waals surface area contributed by atoms with Crippen LogP contribution in [0.5, 0.6) is 11.7 Å². The van der Waals surface area contributed by atoms with E-state index < -0.39 is 11.2 Å². The summed E-state index contributed by atoms with van der Waals surface area (Å²) < 4.78 is 11.5. The number of hydrogen-bond donors (Lipinski definition) is 1. The number of aromatic nitrogens is 2. The summed E-state index contributed by atoms with van der Waals surface area (Å²) in [7, 11) is 1.51. The van der Waals surface area contributed by atoms with Crippen molar-refractivity contribution in [3.63, 3.8) is 0 Å². The van der Waals surface area contributed by atoms with E-state index in [-0.39, 0.29) is 10.9 Å². The third-order valence-corrected chi connectivity index (χ3v) is 6.03. The quantitative estimate of drug-likeness (QED) is 0.453. The minimum absolute atomic E-state index is 0.234. The van der Waals surface area contributed by atoms with Crippen molar-refractivity contribution in [1.82, 2.24) is 5.27 Å². The van der Waals surface area contributed by atoms with Crippen LogP contribution in [0.3, 0.4) is 0 Å². The van der Waals surface area contributed by atoms with E-state index in [0.717, 1.165) is 17.3 Å². The number of ether oxygens (including phenoxy) is 1. The number of nitrogens with zero attached hydrogens (tertiary/aromatic N) is 2. The van der Waals surface area contributed by atoms with Crippen molar-refractivity contribution in [1.29, 1.82) is 0 Å². The van der Waals surface area contributed by atoms with Gasteiger partial charge in [-0.1, -0.05) is 36.7 Å². The van der Waals surface area contributed by atoms with Gasteiger partial charge in [0.1, 0.15) is 5.75 Å². The molecule has 1 heterocycles. The number of carbonyl (C=O) groups is 1. The molecule has 0 saturated heterocycles. The number of hydrogen-bond acceptors (Lipinski definition) is 6. The number of methoxy groups -OCH3 is 1. The smallest absolute Gasteiger partial charge is 0.298 e. The third kappa shape index (κ3) is 4.65. The zero-order valence-electron chi connectivity index (χ0n) is 16.1. The first-order valence-electron chi connectivity index (χ1n) is 8.90. The molecule has 0 fully saturated rings. The van der Waals surface area contributed by atoms with Gasteiger partial charge in [0, 0.05) is 23.2 Å². The third-order valence-electron chi connectivity index (χ3n) is 4.23. The monoisotopic (exact) mass is 433 g/mol. The van der Waals surface area contributed by atoms with Gasteiger partial charge in [0.15, 0.2) is 5.95 Å². The van der Waals surface area contributed by atoms with Crippen LogP contribution in [0.4, 0.5) is 5.69 Å². The Balaban J connectivity index is 1.84. The topological polar surface area (TPSA) is 91.3 Å². The van der Waals surface area contributed by atoms with E-state index in [2.05, 4.69) is 10.6 Å². The van der Waals surface area contributed by atoms with Crippen molar-refractivity contribution < 1.29 is 23.8 Å². The molecule has 152 valence electrons. The van der Waals surface area contributed by atoms with Crippen molar-refractivity contribution in [3.05, 3.63) is 53.1 Å². The summed E-state index contributed by atoms with van der Waals surface area (Å²) in [5.74, 6) is -0.398. The minimum atomic E-state index is -0.593. The fourth-order valence-electron chi connectivity index (χ4n) is 2.67. The van der Waals surface area contributed by atoms with Crippen LogP contribution in [0.25, 0.3) is 5.69 Å². The fraction of sp³-hybridized carbons (Fsp3) is 0.250. The molecule has 1 aromatic heterocycles. The van der Waals surface area contributed by atoms with Crippen LogP contribution < -0.4 is 19.8 Å². The van der Waals surface area contributed by atoms with Crippen LogP contribution in [-0.4, -0.2) is 23.5 Å². The molecule has 3 rings (SSSR count). The Hall–Kier alpha value is -2.71. The van der Waals surface area contributed by atoms with Gasteiger partial charge in [-0.3, -0.25) is 4.79 Å². The van der Waals surface area contributed by atoms with Crippen LogP contribution in [-0.2, 0) is 4.79 Å². The van der Waals surface area contributed by atoms with Crippen molar-refractivity contribution in [3.8, 4) is 17.4 Å².